The Hall–Kier alpha value is -1.51. The third-order valence-corrected chi connectivity index (χ3v) is 14.6. The number of esters is 1. The molecule has 0 spiro atoms. The molecule has 0 rings (SSSR count). The number of unbranched alkanes of at least 4 members (excludes halogenated alkanes) is 37. The summed E-state index contributed by atoms with van der Waals surface area (Å²) < 4.78 is 30.7. The van der Waals surface area contributed by atoms with Gasteiger partial charge in [-0.15, -0.1) is 0 Å². The molecular formula is C60H118N2O7P+. The molecule has 0 aromatic heterocycles. The smallest absolute Gasteiger partial charge is 0.456 e. The molecule has 0 radical (unpaired) electrons. The molecule has 0 aliphatic rings. The predicted octanol–water partition coefficient (Wildman–Crippen LogP) is 18.2. The number of nitrogens with one attached hydrogen (secondary N) is 1. The molecule has 0 saturated heterocycles. The number of hydrogen-bond acceptors (Lipinski definition) is 6. The van der Waals surface area contributed by atoms with Gasteiger partial charge in [-0.3, -0.25) is 18.6 Å². The Bertz CT molecular complexity index is 1250. The van der Waals surface area contributed by atoms with E-state index >= 15 is 0 Å². The van der Waals surface area contributed by atoms with Gasteiger partial charge < -0.3 is 19.4 Å². The number of phosphoric ester groups is 1. The Morgan fingerprint density at radius 1 is 0.486 bits per heavy atom. The molecule has 2 N–H and O–H groups in total. The number of quaternary nitrogens is 1. The zero-order chi connectivity index (χ0) is 51.5. The second-order valence-corrected chi connectivity index (χ2v) is 23.3. The summed E-state index contributed by atoms with van der Waals surface area (Å²) in [4.78, 5) is 37.6. The Balaban J connectivity index is 5.32. The van der Waals surface area contributed by atoms with E-state index < -0.39 is 20.0 Å². The van der Waals surface area contributed by atoms with Crippen molar-refractivity contribution in [1.82, 2.24) is 5.32 Å². The Kier molecular flexibility index (Phi) is 49.9. The van der Waals surface area contributed by atoms with Gasteiger partial charge in [0, 0.05) is 12.8 Å². The Morgan fingerprint density at radius 3 is 1.21 bits per heavy atom. The fourth-order valence-corrected chi connectivity index (χ4v) is 9.67. The van der Waals surface area contributed by atoms with Gasteiger partial charge in [-0.25, -0.2) is 4.57 Å². The molecule has 414 valence electrons. The number of hydrogen-bond donors (Lipinski definition) is 2. The van der Waals surface area contributed by atoms with Crippen LogP contribution in [0.4, 0.5) is 0 Å². The van der Waals surface area contributed by atoms with Gasteiger partial charge in [-0.1, -0.05) is 251 Å². The number of carbonyl (C=O) groups excluding carboxylic acids is 2. The molecule has 0 heterocycles. The molecule has 0 aromatic rings. The first-order valence-electron chi connectivity index (χ1n) is 30.2. The van der Waals surface area contributed by atoms with Crippen LogP contribution in [-0.2, 0) is 27.9 Å². The standard InChI is InChI=1S/C60H117N2O7P/c1-7-10-13-16-19-22-25-28-30-32-34-37-40-43-46-49-52-59(63)61-57(56-68-70(65,66)67-55-54-62(4,5)6)58(51-48-45-42-39-36-33-27-24-21-18-15-12-9-3)69-60(64)53-50-47-44-41-38-35-31-29-26-23-20-17-14-11-8-2/h30,32,48,51,57-58H,7-29,31,33-47,49-50,52-56H2,1-6H3,(H-,61,63,65,66)/p+1/b32-30+,51-48+. The number of likely N-dealkylation sites (N-methyl/N-ethyl adjacent to an activating group) is 1. The van der Waals surface area contributed by atoms with Crippen molar-refractivity contribution in [1.29, 1.82) is 0 Å². The van der Waals surface area contributed by atoms with Gasteiger partial charge in [0.15, 0.2) is 0 Å². The number of allylic oxidation sites excluding steroid dienone is 3. The van der Waals surface area contributed by atoms with Crippen molar-refractivity contribution < 1.29 is 37.3 Å². The van der Waals surface area contributed by atoms with E-state index in [-0.39, 0.29) is 25.1 Å². The summed E-state index contributed by atoms with van der Waals surface area (Å²) in [6, 6.07) is -0.846. The van der Waals surface area contributed by atoms with Crippen LogP contribution in [0.15, 0.2) is 24.3 Å². The van der Waals surface area contributed by atoms with Crippen LogP contribution in [0, 0.1) is 0 Å². The fraction of sp³-hybridized carbons (Fsp3) is 0.900. The lowest BCUT2D eigenvalue weighted by atomic mass is 10.0. The number of nitrogens with zero attached hydrogens (tertiary/aromatic N) is 1. The molecule has 0 aliphatic carbocycles. The zero-order valence-corrected chi connectivity index (χ0v) is 48.2. The van der Waals surface area contributed by atoms with Crippen LogP contribution in [0.3, 0.4) is 0 Å². The van der Waals surface area contributed by atoms with E-state index in [0.29, 0.717) is 23.9 Å². The lowest BCUT2D eigenvalue weighted by Gasteiger charge is -2.27. The van der Waals surface area contributed by atoms with Crippen LogP contribution in [-0.4, -0.2) is 74.3 Å². The fourth-order valence-electron chi connectivity index (χ4n) is 8.94. The second-order valence-electron chi connectivity index (χ2n) is 21.9. The molecule has 3 atom stereocenters. The number of phosphoric acid groups is 1. The molecule has 0 bridgehead atoms. The largest absolute Gasteiger partial charge is 0.472 e. The van der Waals surface area contributed by atoms with Crippen LogP contribution >= 0.6 is 7.82 Å². The minimum absolute atomic E-state index is 0.0420. The number of carbonyl (C=O) groups is 2. The maximum absolute atomic E-state index is 13.5. The normalized spacial score (nSPS) is 13.9. The summed E-state index contributed by atoms with van der Waals surface area (Å²) in [6.45, 7) is 7.04. The van der Waals surface area contributed by atoms with E-state index in [1.165, 1.54) is 186 Å². The van der Waals surface area contributed by atoms with Crippen molar-refractivity contribution in [3.05, 3.63) is 24.3 Å². The highest BCUT2D eigenvalue weighted by Gasteiger charge is 2.30. The van der Waals surface area contributed by atoms with Gasteiger partial charge in [-0.05, 0) is 57.4 Å². The molecule has 70 heavy (non-hydrogen) atoms. The summed E-state index contributed by atoms with van der Waals surface area (Å²) in [5, 5.41) is 3.05. The van der Waals surface area contributed by atoms with E-state index in [0.717, 1.165) is 77.0 Å². The molecule has 9 nitrogen and oxygen atoms in total. The van der Waals surface area contributed by atoms with Crippen molar-refractivity contribution in [2.24, 2.45) is 0 Å². The van der Waals surface area contributed by atoms with E-state index in [1.54, 1.807) is 0 Å². The highest BCUT2D eigenvalue weighted by Crippen LogP contribution is 2.43. The summed E-state index contributed by atoms with van der Waals surface area (Å²) in [7, 11) is 1.50. The number of rotatable bonds is 55. The van der Waals surface area contributed by atoms with Gasteiger partial charge in [0.05, 0.1) is 33.8 Å². The van der Waals surface area contributed by atoms with Crippen molar-refractivity contribution in [3.63, 3.8) is 0 Å². The monoisotopic (exact) mass is 1010 g/mol. The second kappa shape index (κ2) is 51.0. The van der Waals surface area contributed by atoms with Gasteiger partial charge in [0.1, 0.15) is 19.3 Å². The molecular weight excluding hydrogens is 892 g/mol. The molecule has 0 fully saturated rings. The SMILES string of the molecule is CCCCCCCCC/C=C/CCCCCCCC(=O)NC(COP(=O)(O)OCC[N+](C)(C)C)C(/C=C/CCCCCCCCCCCCC)OC(=O)CCCCCCCCCCCCCCCCC. The average molecular weight is 1010 g/mol. The average Bonchev–Trinajstić information content (AvgIpc) is 3.32. The lowest BCUT2D eigenvalue weighted by molar-refractivity contribution is -0.870. The van der Waals surface area contributed by atoms with Crippen LogP contribution in [0.1, 0.15) is 297 Å². The topological polar surface area (TPSA) is 111 Å². The third-order valence-electron chi connectivity index (χ3n) is 13.6. The third kappa shape index (κ3) is 51.4. The van der Waals surface area contributed by atoms with E-state index in [1.807, 2.05) is 33.3 Å². The highest BCUT2D eigenvalue weighted by molar-refractivity contribution is 7.47. The van der Waals surface area contributed by atoms with Crippen LogP contribution in [0.2, 0.25) is 0 Å². The summed E-state index contributed by atoms with van der Waals surface area (Å²) in [5.41, 5.74) is 0. The molecule has 3 unspecified atom stereocenters. The van der Waals surface area contributed by atoms with Crippen LogP contribution in [0.25, 0.3) is 0 Å². The first-order chi connectivity index (χ1) is 33.9. The predicted molar refractivity (Wildman–Crippen MR) is 300 cm³/mol. The van der Waals surface area contributed by atoms with Crippen molar-refractivity contribution >= 4 is 19.7 Å². The quantitative estimate of drug-likeness (QED) is 0.0205. The highest BCUT2D eigenvalue weighted by atomic mass is 31.2. The van der Waals surface area contributed by atoms with Gasteiger partial charge in [0.25, 0.3) is 0 Å². The van der Waals surface area contributed by atoms with Crippen LogP contribution in [0.5, 0.6) is 0 Å². The van der Waals surface area contributed by atoms with Crippen molar-refractivity contribution in [2.45, 2.75) is 309 Å². The molecule has 1 amide bonds. The minimum atomic E-state index is -4.44. The van der Waals surface area contributed by atoms with E-state index in [9.17, 15) is 19.0 Å². The Morgan fingerprint density at radius 2 is 0.829 bits per heavy atom. The number of ether oxygens (including phenoxy) is 1. The van der Waals surface area contributed by atoms with E-state index in [2.05, 4.69) is 38.2 Å². The molecule has 0 aromatic carbocycles. The molecule has 0 saturated carbocycles. The zero-order valence-electron chi connectivity index (χ0n) is 47.3. The van der Waals surface area contributed by atoms with Gasteiger partial charge in [-0.2, -0.15) is 0 Å². The van der Waals surface area contributed by atoms with E-state index in [4.69, 9.17) is 13.8 Å². The Labute approximate surface area is 434 Å². The maximum atomic E-state index is 13.5. The first kappa shape index (κ1) is 68.5. The van der Waals surface area contributed by atoms with Crippen molar-refractivity contribution in [3.8, 4) is 0 Å². The summed E-state index contributed by atoms with van der Waals surface area (Å²) in [5.74, 6) is -0.500. The maximum Gasteiger partial charge on any atom is 0.472 e. The van der Waals surface area contributed by atoms with Crippen molar-refractivity contribution in [2.75, 3.05) is 40.9 Å². The lowest BCUT2D eigenvalue weighted by Crippen LogP contribution is -2.47. The summed E-state index contributed by atoms with van der Waals surface area (Å²) >= 11 is 0. The van der Waals surface area contributed by atoms with Gasteiger partial charge in [0.2, 0.25) is 5.91 Å². The molecule has 0 aliphatic heterocycles. The summed E-state index contributed by atoms with van der Waals surface area (Å²) in [6.07, 6.45) is 58.8. The van der Waals surface area contributed by atoms with Gasteiger partial charge >= 0.3 is 13.8 Å². The van der Waals surface area contributed by atoms with Crippen LogP contribution < -0.4 is 5.32 Å². The number of amides is 1. The minimum Gasteiger partial charge on any atom is -0.456 e. The molecule has 10 heteroatoms. The first-order valence-corrected chi connectivity index (χ1v) is 31.7.